The highest BCUT2D eigenvalue weighted by Crippen LogP contribution is 2.24. The molecule has 0 fully saturated rings. The molecule has 0 radical (unpaired) electrons. The second-order valence-electron chi connectivity index (χ2n) is 5.63. The molecule has 0 unspecified atom stereocenters. The molecule has 0 bridgehead atoms. The van der Waals surface area contributed by atoms with Crippen molar-refractivity contribution in [1.82, 2.24) is 4.72 Å². The monoisotopic (exact) mass is 330 g/mol. The van der Waals surface area contributed by atoms with Gasteiger partial charge >= 0.3 is 0 Å². The van der Waals surface area contributed by atoms with Crippen molar-refractivity contribution in [3.63, 3.8) is 0 Å². The van der Waals surface area contributed by atoms with E-state index in [2.05, 4.69) is 10.0 Å². The topological polar surface area (TPSA) is 75.3 Å². The highest BCUT2D eigenvalue weighted by atomic mass is 32.2. The number of sulfonamides is 1. The van der Waals surface area contributed by atoms with Crippen LogP contribution in [0.4, 0.5) is 5.69 Å². The summed E-state index contributed by atoms with van der Waals surface area (Å²) < 4.78 is 27.2. The standard InChI is InChI=1S/C17H18N2O3S/c1-12-4-2-3-5-16(12)23(21,22)18-9-8-13-6-7-15-14(10-13)11-17(20)19-15/h2-7,10,18H,8-9,11H2,1H3,(H,19,20). The normalized spacial score (nSPS) is 13.7. The maximum Gasteiger partial charge on any atom is 0.240 e. The molecule has 1 amide bonds. The van der Waals surface area contributed by atoms with Crippen LogP contribution in [0.25, 0.3) is 0 Å². The SMILES string of the molecule is Cc1ccccc1S(=O)(=O)NCCc1ccc2c(c1)CC(=O)N2. The largest absolute Gasteiger partial charge is 0.326 e. The van der Waals surface area contributed by atoms with Gasteiger partial charge in [-0.1, -0.05) is 30.3 Å². The van der Waals surface area contributed by atoms with E-state index in [-0.39, 0.29) is 5.91 Å². The summed E-state index contributed by atoms with van der Waals surface area (Å²) in [6.07, 6.45) is 0.963. The molecule has 2 aromatic carbocycles. The van der Waals surface area contributed by atoms with Crippen molar-refractivity contribution in [1.29, 1.82) is 0 Å². The molecule has 1 heterocycles. The summed E-state index contributed by atoms with van der Waals surface area (Å²) in [5, 5.41) is 2.78. The molecule has 6 heteroatoms. The lowest BCUT2D eigenvalue weighted by atomic mass is 10.1. The lowest BCUT2D eigenvalue weighted by molar-refractivity contribution is -0.115. The van der Waals surface area contributed by atoms with Crippen LogP contribution in [-0.2, 0) is 27.7 Å². The van der Waals surface area contributed by atoms with E-state index in [1.54, 1.807) is 25.1 Å². The third kappa shape index (κ3) is 3.43. The molecule has 1 aliphatic rings. The molecule has 5 nitrogen and oxygen atoms in total. The first-order chi connectivity index (χ1) is 11.0. The number of amides is 1. The molecule has 3 rings (SSSR count). The Morgan fingerprint density at radius 1 is 1.17 bits per heavy atom. The highest BCUT2D eigenvalue weighted by molar-refractivity contribution is 7.89. The second-order valence-corrected chi connectivity index (χ2v) is 7.37. The van der Waals surface area contributed by atoms with Crippen molar-refractivity contribution in [2.75, 3.05) is 11.9 Å². The van der Waals surface area contributed by atoms with Gasteiger partial charge in [-0.2, -0.15) is 0 Å². The molecule has 2 N–H and O–H groups in total. The fourth-order valence-corrected chi connectivity index (χ4v) is 3.98. The number of hydrogen-bond acceptors (Lipinski definition) is 3. The summed E-state index contributed by atoms with van der Waals surface area (Å²) in [4.78, 5) is 11.7. The molecular weight excluding hydrogens is 312 g/mol. The quantitative estimate of drug-likeness (QED) is 0.880. The summed E-state index contributed by atoms with van der Waals surface area (Å²) in [5.74, 6) is -0.00240. The first-order valence-electron chi connectivity index (χ1n) is 7.43. The van der Waals surface area contributed by atoms with Crippen molar-refractivity contribution in [3.8, 4) is 0 Å². The number of carbonyl (C=O) groups is 1. The van der Waals surface area contributed by atoms with Gasteiger partial charge in [0.25, 0.3) is 0 Å². The first-order valence-corrected chi connectivity index (χ1v) is 8.91. The van der Waals surface area contributed by atoms with E-state index in [0.717, 1.165) is 22.4 Å². The Morgan fingerprint density at radius 2 is 1.96 bits per heavy atom. The number of nitrogens with one attached hydrogen (secondary N) is 2. The van der Waals surface area contributed by atoms with Crippen LogP contribution in [0.3, 0.4) is 0 Å². The van der Waals surface area contributed by atoms with Gasteiger partial charge in [-0.25, -0.2) is 13.1 Å². The Hall–Kier alpha value is -2.18. The molecule has 120 valence electrons. The van der Waals surface area contributed by atoms with Crippen LogP contribution in [0.2, 0.25) is 0 Å². The highest BCUT2D eigenvalue weighted by Gasteiger charge is 2.18. The van der Waals surface area contributed by atoms with Crippen molar-refractivity contribution >= 4 is 21.6 Å². The van der Waals surface area contributed by atoms with Gasteiger partial charge in [0.1, 0.15) is 0 Å². The van der Waals surface area contributed by atoms with E-state index in [4.69, 9.17) is 0 Å². The van der Waals surface area contributed by atoms with E-state index in [1.165, 1.54) is 0 Å². The number of carbonyl (C=O) groups excluding carboxylic acids is 1. The number of aryl methyl sites for hydroxylation is 1. The zero-order chi connectivity index (χ0) is 16.4. The molecular formula is C17H18N2O3S. The predicted molar refractivity (Wildman–Crippen MR) is 88.8 cm³/mol. The van der Waals surface area contributed by atoms with Gasteiger partial charge < -0.3 is 5.32 Å². The molecule has 0 aromatic heterocycles. The number of rotatable bonds is 5. The average molecular weight is 330 g/mol. The van der Waals surface area contributed by atoms with E-state index in [0.29, 0.717) is 24.3 Å². The van der Waals surface area contributed by atoms with Crippen molar-refractivity contribution in [2.45, 2.75) is 24.7 Å². The molecule has 0 saturated carbocycles. The fourth-order valence-electron chi connectivity index (χ4n) is 2.70. The van der Waals surface area contributed by atoms with Crippen LogP contribution in [0.15, 0.2) is 47.4 Å². The lowest BCUT2D eigenvalue weighted by Gasteiger charge is -2.09. The van der Waals surface area contributed by atoms with Crippen LogP contribution >= 0.6 is 0 Å². The molecule has 2 aromatic rings. The summed E-state index contributed by atoms with van der Waals surface area (Å²) in [6.45, 7) is 2.09. The van der Waals surface area contributed by atoms with Crippen LogP contribution in [0.5, 0.6) is 0 Å². The molecule has 0 aliphatic carbocycles. The Kier molecular flexibility index (Phi) is 4.19. The van der Waals surface area contributed by atoms with Crippen LogP contribution < -0.4 is 10.0 Å². The first kappa shape index (κ1) is 15.7. The minimum atomic E-state index is -3.50. The Morgan fingerprint density at radius 3 is 2.74 bits per heavy atom. The third-order valence-corrected chi connectivity index (χ3v) is 5.50. The number of fused-ring (bicyclic) bond motifs is 1. The molecule has 0 saturated heterocycles. The summed E-state index contributed by atoms with van der Waals surface area (Å²) >= 11 is 0. The van der Waals surface area contributed by atoms with Gasteiger partial charge in [0.05, 0.1) is 11.3 Å². The second kappa shape index (κ2) is 6.14. The van der Waals surface area contributed by atoms with Gasteiger partial charge in [-0.3, -0.25) is 4.79 Å². The molecule has 1 aliphatic heterocycles. The molecule has 0 atom stereocenters. The van der Waals surface area contributed by atoms with Crippen LogP contribution in [-0.4, -0.2) is 20.9 Å². The van der Waals surface area contributed by atoms with E-state index >= 15 is 0 Å². The predicted octanol–water partition coefficient (Wildman–Crippen LogP) is 2.01. The van der Waals surface area contributed by atoms with Gasteiger partial charge in [-0.15, -0.1) is 0 Å². The maximum absolute atomic E-state index is 12.3. The lowest BCUT2D eigenvalue weighted by Crippen LogP contribution is -2.26. The Bertz CT molecular complexity index is 860. The van der Waals surface area contributed by atoms with E-state index in [1.807, 2.05) is 24.3 Å². The Labute approximate surface area is 135 Å². The van der Waals surface area contributed by atoms with Crippen LogP contribution in [0.1, 0.15) is 16.7 Å². The van der Waals surface area contributed by atoms with E-state index < -0.39 is 10.0 Å². The van der Waals surface area contributed by atoms with Crippen LogP contribution in [0, 0.1) is 6.92 Å². The number of anilines is 1. The molecule has 23 heavy (non-hydrogen) atoms. The third-order valence-electron chi connectivity index (χ3n) is 3.88. The van der Waals surface area contributed by atoms with Gasteiger partial charge in [0.2, 0.25) is 15.9 Å². The average Bonchev–Trinajstić information content (AvgIpc) is 2.86. The number of benzene rings is 2. The van der Waals surface area contributed by atoms with Gasteiger partial charge in [0, 0.05) is 12.2 Å². The summed E-state index contributed by atoms with van der Waals surface area (Å²) in [5.41, 5.74) is 3.54. The number of hydrogen-bond donors (Lipinski definition) is 2. The zero-order valence-corrected chi connectivity index (χ0v) is 13.6. The van der Waals surface area contributed by atoms with Gasteiger partial charge in [0.15, 0.2) is 0 Å². The van der Waals surface area contributed by atoms with Crippen molar-refractivity contribution in [2.24, 2.45) is 0 Å². The summed E-state index contributed by atoms with van der Waals surface area (Å²) in [7, 11) is -3.50. The fraction of sp³-hybridized carbons (Fsp3) is 0.235. The Balaban J connectivity index is 1.65. The van der Waals surface area contributed by atoms with Crippen molar-refractivity contribution < 1.29 is 13.2 Å². The smallest absolute Gasteiger partial charge is 0.240 e. The molecule has 0 spiro atoms. The van der Waals surface area contributed by atoms with Gasteiger partial charge in [-0.05, 0) is 42.2 Å². The van der Waals surface area contributed by atoms with Crippen molar-refractivity contribution in [3.05, 3.63) is 59.2 Å². The maximum atomic E-state index is 12.3. The summed E-state index contributed by atoms with van der Waals surface area (Å²) in [6, 6.07) is 12.6. The minimum Gasteiger partial charge on any atom is -0.326 e. The van der Waals surface area contributed by atoms with E-state index in [9.17, 15) is 13.2 Å². The minimum absolute atomic E-state index is 0.00240. The zero-order valence-electron chi connectivity index (χ0n) is 12.8.